The summed E-state index contributed by atoms with van der Waals surface area (Å²) in [4.78, 5) is 30.5. The molecule has 1 unspecified atom stereocenters. The molecule has 1 aliphatic rings. The molecule has 0 bridgehead atoms. The first-order valence-corrected chi connectivity index (χ1v) is 8.65. The molecule has 24 heavy (non-hydrogen) atoms. The first kappa shape index (κ1) is 15.1. The van der Waals surface area contributed by atoms with Crippen molar-refractivity contribution in [3.05, 3.63) is 62.5 Å². The van der Waals surface area contributed by atoms with Crippen LogP contribution in [0.25, 0.3) is 10.2 Å². The first-order valence-electron chi connectivity index (χ1n) is 7.83. The van der Waals surface area contributed by atoms with Gasteiger partial charge in [0.15, 0.2) is 0 Å². The van der Waals surface area contributed by atoms with E-state index in [1.807, 2.05) is 31.2 Å². The SMILES string of the molecule is Cc1ccc(Cn2cnc3sc4c(c3c2=O)C(C(=O)O)CC4)cc1. The number of rotatable bonds is 3. The molecule has 1 aromatic carbocycles. The lowest BCUT2D eigenvalue weighted by Gasteiger charge is -2.08. The van der Waals surface area contributed by atoms with E-state index in [1.54, 1.807) is 10.9 Å². The summed E-state index contributed by atoms with van der Waals surface area (Å²) in [5, 5.41) is 9.93. The Kier molecular flexibility index (Phi) is 3.49. The van der Waals surface area contributed by atoms with Crippen LogP contribution in [-0.4, -0.2) is 20.6 Å². The van der Waals surface area contributed by atoms with Crippen molar-refractivity contribution in [2.45, 2.75) is 32.2 Å². The smallest absolute Gasteiger partial charge is 0.311 e. The van der Waals surface area contributed by atoms with Gasteiger partial charge in [-0.05, 0) is 30.9 Å². The molecule has 0 fully saturated rings. The van der Waals surface area contributed by atoms with Gasteiger partial charge in [-0.15, -0.1) is 11.3 Å². The van der Waals surface area contributed by atoms with Gasteiger partial charge < -0.3 is 5.11 Å². The van der Waals surface area contributed by atoms with Crippen molar-refractivity contribution in [3.63, 3.8) is 0 Å². The number of thiophene rings is 1. The number of aliphatic carboxylic acids is 1. The number of aromatic nitrogens is 2. The van der Waals surface area contributed by atoms with Crippen LogP contribution in [0.5, 0.6) is 0 Å². The van der Waals surface area contributed by atoms with E-state index in [0.717, 1.165) is 10.4 Å². The Morgan fingerprint density at radius 3 is 2.83 bits per heavy atom. The Morgan fingerprint density at radius 1 is 1.38 bits per heavy atom. The summed E-state index contributed by atoms with van der Waals surface area (Å²) >= 11 is 1.45. The number of nitrogens with zero attached hydrogens (tertiary/aromatic N) is 2. The normalized spacial score (nSPS) is 16.5. The van der Waals surface area contributed by atoms with Gasteiger partial charge in [0.2, 0.25) is 0 Å². The summed E-state index contributed by atoms with van der Waals surface area (Å²) in [6.07, 6.45) is 2.84. The van der Waals surface area contributed by atoms with E-state index in [0.29, 0.717) is 35.2 Å². The minimum atomic E-state index is -0.859. The van der Waals surface area contributed by atoms with Crippen LogP contribution in [0.2, 0.25) is 0 Å². The highest BCUT2D eigenvalue weighted by Crippen LogP contribution is 2.42. The molecule has 5 nitrogen and oxygen atoms in total. The number of benzene rings is 1. The summed E-state index contributed by atoms with van der Waals surface area (Å²) in [6, 6.07) is 8.00. The molecule has 0 saturated carbocycles. The second kappa shape index (κ2) is 5.56. The molecule has 2 heterocycles. The Labute approximate surface area is 142 Å². The van der Waals surface area contributed by atoms with Gasteiger partial charge in [-0.25, -0.2) is 4.98 Å². The Morgan fingerprint density at radius 2 is 2.12 bits per heavy atom. The number of aryl methyl sites for hydroxylation is 2. The highest BCUT2D eigenvalue weighted by molar-refractivity contribution is 7.18. The Bertz CT molecular complexity index is 1000. The number of carbonyl (C=O) groups is 1. The van der Waals surface area contributed by atoms with Crippen LogP contribution in [0.4, 0.5) is 0 Å². The van der Waals surface area contributed by atoms with Crippen molar-refractivity contribution in [1.29, 1.82) is 0 Å². The van der Waals surface area contributed by atoms with Crippen molar-refractivity contribution in [2.24, 2.45) is 0 Å². The number of hydrogen-bond donors (Lipinski definition) is 1. The molecule has 6 heteroatoms. The van der Waals surface area contributed by atoms with E-state index in [2.05, 4.69) is 4.98 Å². The molecule has 0 aliphatic heterocycles. The largest absolute Gasteiger partial charge is 0.481 e. The van der Waals surface area contributed by atoms with Crippen molar-refractivity contribution >= 4 is 27.5 Å². The lowest BCUT2D eigenvalue weighted by Crippen LogP contribution is -2.22. The van der Waals surface area contributed by atoms with E-state index in [9.17, 15) is 14.7 Å². The summed E-state index contributed by atoms with van der Waals surface area (Å²) in [6.45, 7) is 2.45. The maximum atomic E-state index is 12.9. The van der Waals surface area contributed by atoms with Crippen LogP contribution >= 0.6 is 11.3 Å². The number of carboxylic acids is 1. The third kappa shape index (κ3) is 2.34. The molecule has 0 radical (unpaired) electrons. The van der Waals surface area contributed by atoms with Gasteiger partial charge in [-0.3, -0.25) is 14.2 Å². The van der Waals surface area contributed by atoms with E-state index in [1.165, 1.54) is 16.9 Å². The van der Waals surface area contributed by atoms with Crippen LogP contribution < -0.4 is 5.56 Å². The van der Waals surface area contributed by atoms with Crippen LogP contribution in [0, 0.1) is 6.92 Å². The van der Waals surface area contributed by atoms with Gasteiger partial charge in [0, 0.05) is 4.88 Å². The minimum Gasteiger partial charge on any atom is -0.481 e. The molecule has 2 aromatic heterocycles. The van der Waals surface area contributed by atoms with Crippen molar-refractivity contribution in [3.8, 4) is 0 Å². The zero-order valence-corrected chi connectivity index (χ0v) is 14.0. The molecule has 0 saturated heterocycles. The predicted molar refractivity (Wildman–Crippen MR) is 92.9 cm³/mol. The predicted octanol–water partition coefficient (Wildman–Crippen LogP) is 2.93. The van der Waals surface area contributed by atoms with Gasteiger partial charge >= 0.3 is 5.97 Å². The number of carboxylic acid groups (broad SMARTS) is 1. The fraction of sp³-hybridized carbons (Fsp3) is 0.278. The maximum Gasteiger partial charge on any atom is 0.311 e. The topological polar surface area (TPSA) is 72.2 Å². The average Bonchev–Trinajstić information content (AvgIpc) is 3.11. The van der Waals surface area contributed by atoms with Crippen molar-refractivity contribution < 1.29 is 9.90 Å². The fourth-order valence-corrected chi connectivity index (χ4v) is 4.52. The fourth-order valence-electron chi connectivity index (χ4n) is 3.32. The maximum absolute atomic E-state index is 12.9. The van der Waals surface area contributed by atoms with Gasteiger partial charge in [0.05, 0.1) is 24.2 Å². The van der Waals surface area contributed by atoms with Crippen LogP contribution in [-0.2, 0) is 17.8 Å². The second-order valence-electron chi connectivity index (χ2n) is 6.21. The minimum absolute atomic E-state index is 0.147. The Hall–Kier alpha value is -2.47. The van der Waals surface area contributed by atoms with E-state index < -0.39 is 11.9 Å². The molecule has 122 valence electrons. The molecule has 1 aliphatic carbocycles. The standard InChI is InChI=1S/C18H16N2O3S/c1-10-2-4-11(5-3-10)8-20-9-19-16-15(17(20)21)14-12(18(22)23)6-7-13(14)24-16/h2-5,9,12H,6-8H2,1H3,(H,22,23). The molecule has 3 aromatic rings. The third-order valence-corrected chi connectivity index (χ3v) is 5.75. The summed E-state index contributed by atoms with van der Waals surface area (Å²) in [5.74, 6) is -1.44. The quantitative estimate of drug-likeness (QED) is 0.796. The van der Waals surface area contributed by atoms with Gasteiger partial charge in [0.1, 0.15) is 4.83 Å². The van der Waals surface area contributed by atoms with Gasteiger partial charge in [0.25, 0.3) is 5.56 Å². The lowest BCUT2D eigenvalue weighted by atomic mass is 10.0. The molecule has 0 spiro atoms. The average molecular weight is 340 g/mol. The number of fused-ring (bicyclic) bond motifs is 3. The lowest BCUT2D eigenvalue weighted by molar-refractivity contribution is -0.138. The van der Waals surface area contributed by atoms with Crippen LogP contribution in [0.15, 0.2) is 35.4 Å². The van der Waals surface area contributed by atoms with Crippen molar-refractivity contribution in [1.82, 2.24) is 9.55 Å². The zero-order valence-electron chi connectivity index (χ0n) is 13.2. The van der Waals surface area contributed by atoms with Gasteiger partial charge in [-0.2, -0.15) is 0 Å². The summed E-state index contributed by atoms with van der Waals surface area (Å²) in [5.41, 5.74) is 2.73. The highest BCUT2D eigenvalue weighted by atomic mass is 32.1. The molecule has 1 atom stereocenters. The van der Waals surface area contributed by atoms with Crippen LogP contribution in [0.1, 0.15) is 33.9 Å². The summed E-state index contributed by atoms with van der Waals surface area (Å²) < 4.78 is 1.57. The highest BCUT2D eigenvalue weighted by Gasteiger charge is 2.34. The molecular weight excluding hydrogens is 324 g/mol. The van der Waals surface area contributed by atoms with E-state index in [4.69, 9.17) is 0 Å². The number of hydrogen-bond acceptors (Lipinski definition) is 4. The zero-order chi connectivity index (χ0) is 16.8. The van der Waals surface area contributed by atoms with Gasteiger partial charge in [-0.1, -0.05) is 29.8 Å². The molecule has 1 N–H and O–H groups in total. The van der Waals surface area contributed by atoms with Crippen LogP contribution in [0.3, 0.4) is 0 Å². The molecular formula is C18H16N2O3S. The first-order chi connectivity index (χ1) is 11.5. The second-order valence-corrected chi connectivity index (χ2v) is 7.30. The van der Waals surface area contributed by atoms with E-state index >= 15 is 0 Å². The van der Waals surface area contributed by atoms with Crippen molar-refractivity contribution in [2.75, 3.05) is 0 Å². The summed E-state index contributed by atoms with van der Waals surface area (Å²) in [7, 11) is 0. The Balaban J connectivity index is 1.83. The monoisotopic (exact) mass is 340 g/mol. The van der Waals surface area contributed by atoms with E-state index in [-0.39, 0.29) is 5.56 Å². The molecule has 0 amide bonds. The third-order valence-electron chi connectivity index (χ3n) is 4.57. The molecule has 4 rings (SSSR count).